The maximum atomic E-state index is 10.8. The van der Waals surface area contributed by atoms with Crippen molar-refractivity contribution in [2.24, 2.45) is 23.3 Å². The van der Waals surface area contributed by atoms with Gasteiger partial charge in [0.05, 0.1) is 0 Å². The lowest BCUT2D eigenvalue weighted by Crippen LogP contribution is -2.13. The minimum Gasteiger partial charge on any atom is -0.401 e. The third-order valence-corrected chi connectivity index (χ3v) is 4.63. The molecule has 1 aliphatic rings. The first-order chi connectivity index (χ1) is 10.9. The average molecular weight is 341 g/mol. The third kappa shape index (κ3) is 12.2. The number of nitrogens with two attached hydrogens (primary N) is 2. The highest BCUT2D eigenvalue weighted by Gasteiger charge is 2.40. The molecule has 0 aliphatic heterocycles. The van der Waals surface area contributed by atoms with Gasteiger partial charge in [-0.1, -0.05) is 64.5 Å². The summed E-state index contributed by atoms with van der Waals surface area (Å²) in [7, 11) is 0. The summed E-state index contributed by atoms with van der Waals surface area (Å²) in [6, 6.07) is 0. The van der Waals surface area contributed by atoms with Crippen LogP contribution in [0.4, 0.5) is 0 Å². The molecule has 1 amide bonds. The summed E-state index contributed by atoms with van der Waals surface area (Å²) in [4.78, 5) is 11.6. The molecule has 2 atom stereocenters. The Kier molecular flexibility index (Phi) is 13.0. The van der Waals surface area contributed by atoms with Gasteiger partial charge in [-0.25, -0.2) is 0 Å². The second kappa shape index (κ2) is 13.5. The zero-order valence-corrected chi connectivity index (χ0v) is 16.1. The van der Waals surface area contributed by atoms with E-state index in [-0.39, 0.29) is 11.8 Å². The molecule has 0 aromatic heterocycles. The van der Waals surface area contributed by atoms with Crippen LogP contribution >= 0.6 is 12.6 Å². The second-order valence-corrected chi connectivity index (χ2v) is 6.92. The number of hydrogen-bond acceptors (Lipinski definition) is 3. The lowest BCUT2D eigenvalue weighted by molar-refractivity contribution is -0.119. The van der Waals surface area contributed by atoms with E-state index in [2.05, 4.69) is 26.5 Å². The molecule has 23 heavy (non-hydrogen) atoms. The highest BCUT2D eigenvalue weighted by atomic mass is 32.1. The molecule has 4 N–H and O–H groups in total. The van der Waals surface area contributed by atoms with E-state index < -0.39 is 0 Å². The maximum Gasteiger partial charge on any atom is 0.220 e. The van der Waals surface area contributed by atoms with Crippen molar-refractivity contribution in [3.63, 3.8) is 0 Å². The normalized spacial score (nSPS) is 20.7. The lowest BCUT2D eigenvalue weighted by Gasteiger charge is -1.99. The molecule has 3 nitrogen and oxygen atoms in total. The number of allylic oxidation sites excluding steroid dienone is 3. The molecule has 0 heterocycles. The van der Waals surface area contributed by atoms with E-state index in [4.69, 9.17) is 11.5 Å². The molecule has 1 rings (SSSR count). The molecular formula is C19H36N2OS. The van der Waals surface area contributed by atoms with Gasteiger partial charge in [0.25, 0.3) is 0 Å². The Morgan fingerprint density at radius 1 is 1.13 bits per heavy atom. The van der Waals surface area contributed by atoms with Gasteiger partial charge >= 0.3 is 0 Å². The number of hydrogen-bond donors (Lipinski definition) is 3. The fraction of sp³-hybridized carbons (Fsp3) is 0.737. The fourth-order valence-corrected chi connectivity index (χ4v) is 2.57. The minimum absolute atomic E-state index is 0.0824. The Bertz CT molecular complexity index is 387. The van der Waals surface area contributed by atoms with Crippen LogP contribution in [0.5, 0.6) is 0 Å². The highest BCUT2D eigenvalue weighted by Crippen LogP contribution is 2.41. The molecule has 0 aromatic rings. The van der Waals surface area contributed by atoms with Crippen LogP contribution in [0.2, 0.25) is 0 Å². The molecule has 1 aliphatic carbocycles. The smallest absolute Gasteiger partial charge is 0.220 e. The predicted octanol–water partition coefficient (Wildman–Crippen LogP) is 4.93. The van der Waals surface area contributed by atoms with Crippen LogP contribution in [0, 0.1) is 11.8 Å². The van der Waals surface area contributed by atoms with Crippen molar-refractivity contribution in [1.29, 1.82) is 0 Å². The van der Waals surface area contributed by atoms with Gasteiger partial charge in [-0.2, -0.15) is 0 Å². The van der Waals surface area contributed by atoms with E-state index >= 15 is 0 Å². The lowest BCUT2D eigenvalue weighted by atomic mass is 10.1. The molecule has 0 aromatic carbocycles. The van der Waals surface area contributed by atoms with Gasteiger partial charge in [0.2, 0.25) is 5.91 Å². The van der Waals surface area contributed by atoms with Crippen molar-refractivity contribution in [3.8, 4) is 0 Å². The standard InChI is InChI=1S/C12H23NO.C7H13NS/c1-2-3-4-5-6-7-8-10-9-11(10)12(13)14;1-3-4-5-7(9)6(2)8/h10-11H,2-9H2,1H3,(H2,13,14);4-5,9H,3,8H2,1-2H3/b;5-4-,7-6-. The van der Waals surface area contributed by atoms with Gasteiger partial charge in [0, 0.05) is 16.5 Å². The quantitative estimate of drug-likeness (QED) is 0.300. The number of carbonyl (C=O) groups is 1. The molecule has 0 radical (unpaired) electrons. The van der Waals surface area contributed by atoms with E-state index in [9.17, 15) is 4.79 Å². The molecule has 4 heteroatoms. The molecule has 0 spiro atoms. The van der Waals surface area contributed by atoms with Crippen molar-refractivity contribution in [1.82, 2.24) is 0 Å². The van der Waals surface area contributed by atoms with Gasteiger partial charge in [-0.3, -0.25) is 4.79 Å². The van der Waals surface area contributed by atoms with E-state index in [1.807, 2.05) is 19.1 Å². The molecular weight excluding hydrogens is 304 g/mol. The summed E-state index contributed by atoms with van der Waals surface area (Å²) < 4.78 is 0. The van der Waals surface area contributed by atoms with Crippen LogP contribution in [0.25, 0.3) is 0 Å². The first-order valence-electron chi connectivity index (χ1n) is 9.05. The van der Waals surface area contributed by atoms with Crippen LogP contribution in [0.15, 0.2) is 22.8 Å². The van der Waals surface area contributed by atoms with E-state index in [1.165, 1.54) is 44.9 Å². The minimum atomic E-state index is -0.0824. The highest BCUT2D eigenvalue weighted by molar-refractivity contribution is 7.84. The Labute approximate surface area is 148 Å². The first kappa shape index (κ1) is 22.1. The van der Waals surface area contributed by atoms with E-state index in [0.717, 1.165) is 23.4 Å². The number of amides is 1. The number of rotatable bonds is 10. The molecule has 2 unspecified atom stereocenters. The average Bonchev–Trinajstić information content (AvgIpc) is 3.28. The van der Waals surface area contributed by atoms with Gasteiger partial charge in [0.1, 0.15) is 0 Å². The van der Waals surface area contributed by atoms with Gasteiger partial charge < -0.3 is 11.5 Å². The number of carbonyl (C=O) groups excluding carboxylic acids is 1. The summed E-state index contributed by atoms with van der Waals surface area (Å²) in [5.74, 6) is 0.783. The third-order valence-electron chi connectivity index (χ3n) is 4.13. The van der Waals surface area contributed by atoms with Crippen LogP contribution in [-0.4, -0.2) is 5.91 Å². The van der Waals surface area contributed by atoms with Crippen molar-refractivity contribution in [2.75, 3.05) is 0 Å². The topological polar surface area (TPSA) is 69.1 Å². The summed E-state index contributed by atoms with van der Waals surface area (Å²) >= 11 is 4.13. The predicted molar refractivity (Wildman–Crippen MR) is 104 cm³/mol. The molecule has 0 saturated heterocycles. The summed E-state index contributed by atoms with van der Waals surface area (Å²) in [6.45, 7) is 6.15. The Morgan fingerprint density at radius 2 is 1.74 bits per heavy atom. The van der Waals surface area contributed by atoms with Gasteiger partial charge in [-0.15, -0.1) is 12.6 Å². The van der Waals surface area contributed by atoms with Crippen molar-refractivity contribution in [3.05, 3.63) is 22.8 Å². The summed E-state index contributed by atoms with van der Waals surface area (Å²) in [6.07, 6.45) is 15.3. The first-order valence-corrected chi connectivity index (χ1v) is 9.49. The zero-order chi connectivity index (χ0) is 17.7. The number of thiol groups is 1. The number of unbranched alkanes of at least 4 members (excludes halogenated alkanes) is 5. The monoisotopic (exact) mass is 340 g/mol. The zero-order valence-electron chi connectivity index (χ0n) is 15.2. The maximum absolute atomic E-state index is 10.8. The molecule has 1 fully saturated rings. The summed E-state index contributed by atoms with van der Waals surface area (Å²) in [5.41, 5.74) is 11.4. The molecule has 0 bridgehead atoms. The van der Waals surface area contributed by atoms with E-state index in [0.29, 0.717) is 5.92 Å². The summed E-state index contributed by atoms with van der Waals surface area (Å²) in [5, 5.41) is 0. The van der Waals surface area contributed by atoms with Gasteiger partial charge in [-0.05, 0) is 32.1 Å². The van der Waals surface area contributed by atoms with Crippen LogP contribution in [0.3, 0.4) is 0 Å². The second-order valence-electron chi connectivity index (χ2n) is 6.44. The van der Waals surface area contributed by atoms with Crippen molar-refractivity contribution in [2.45, 2.75) is 78.6 Å². The van der Waals surface area contributed by atoms with Crippen LogP contribution in [-0.2, 0) is 4.79 Å². The molecule has 134 valence electrons. The van der Waals surface area contributed by atoms with E-state index in [1.54, 1.807) is 0 Å². The van der Waals surface area contributed by atoms with Crippen LogP contribution in [0.1, 0.15) is 78.6 Å². The van der Waals surface area contributed by atoms with Crippen LogP contribution < -0.4 is 11.5 Å². The largest absolute Gasteiger partial charge is 0.401 e. The Morgan fingerprint density at radius 3 is 2.22 bits per heavy atom. The van der Waals surface area contributed by atoms with Crippen molar-refractivity contribution < 1.29 is 4.79 Å². The van der Waals surface area contributed by atoms with Crippen molar-refractivity contribution >= 4 is 18.5 Å². The fourth-order valence-electron chi connectivity index (χ4n) is 2.46. The Balaban J connectivity index is 0.000000468. The Hall–Kier alpha value is -0.900. The molecule has 1 saturated carbocycles. The number of primary amides is 1. The van der Waals surface area contributed by atoms with Gasteiger partial charge in [0.15, 0.2) is 0 Å². The SMILES string of the molecule is CC/C=C\C(S)=C(/C)N.CCCCCCCCC1CC1C(N)=O.